The Morgan fingerprint density at radius 1 is 0.917 bits per heavy atom. The van der Waals surface area contributed by atoms with Crippen LogP contribution in [0.25, 0.3) is 10.8 Å². The van der Waals surface area contributed by atoms with E-state index in [4.69, 9.17) is 0 Å². The third-order valence-corrected chi connectivity index (χ3v) is 7.52. The molecular formula is C28H28BrN3O4. The molecule has 2 amide bonds. The molecule has 36 heavy (non-hydrogen) atoms. The van der Waals surface area contributed by atoms with E-state index in [0.717, 1.165) is 53.7 Å². The number of amides is 2. The molecule has 0 bridgehead atoms. The van der Waals surface area contributed by atoms with Crippen LogP contribution in [0, 0.1) is 0 Å². The number of imide groups is 1. The zero-order valence-corrected chi connectivity index (χ0v) is 21.8. The van der Waals surface area contributed by atoms with Crippen LogP contribution in [0.1, 0.15) is 39.1 Å². The highest BCUT2D eigenvalue weighted by atomic mass is 79.9. The van der Waals surface area contributed by atoms with E-state index in [2.05, 4.69) is 54.7 Å². The van der Waals surface area contributed by atoms with E-state index in [1.165, 1.54) is 17.6 Å². The summed E-state index contributed by atoms with van der Waals surface area (Å²) in [6, 6.07) is 18.0. The molecule has 3 aromatic rings. The standard InChI is InChI=1S/C28H28BrN3O4/c1-36-25(33)6-3-13-32-27(34)22-5-2-4-21-24(12-11-23(26(21)22)28(32)35)31-16-14-30(15-17-31)18-19-7-9-20(29)10-8-19/h2,4-5,7-12H,3,6,13-18H2,1H3. The number of nitrogens with zero attached hydrogens (tertiary/aromatic N) is 3. The third kappa shape index (κ3) is 4.75. The summed E-state index contributed by atoms with van der Waals surface area (Å²) in [7, 11) is 1.33. The van der Waals surface area contributed by atoms with Gasteiger partial charge in [-0.1, -0.05) is 40.2 Å². The first-order chi connectivity index (χ1) is 17.5. The van der Waals surface area contributed by atoms with Crippen LogP contribution >= 0.6 is 15.9 Å². The number of hydrogen-bond donors (Lipinski definition) is 0. The molecule has 1 fully saturated rings. The second-order valence-corrected chi connectivity index (χ2v) is 10.1. The van der Waals surface area contributed by atoms with Gasteiger partial charge in [0.2, 0.25) is 0 Å². The molecule has 186 valence electrons. The highest BCUT2D eigenvalue weighted by molar-refractivity contribution is 9.10. The topological polar surface area (TPSA) is 70.2 Å². The Hall–Kier alpha value is -3.23. The van der Waals surface area contributed by atoms with Crippen LogP contribution in [0.2, 0.25) is 0 Å². The molecule has 0 radical (unpaired) electrons. The number of anilines is 1. The molecule has 1 saturated heterocycles. The lowest BCUT2D eigenvalue weighted by atomic mass is 9.92. The van der Waals surface area contributed by atoms with Crippen molar-refractivity contribution >= 4 is 50.2 Å². The van der Waals surface area contributed by atoms with Gasteiger partial charge >= 0.3 is 5.97 Å². The van der Waals surface area contributed by atoms with E-state index in [9.17, 15) is 14.4 Å². The molecule has 0 aromatic heterocycles. The average molecular weight is 550 g/mol. The molecule has 3 aromatic carbocycles. The first-order valence-electron chi connectivity index (χ1n) is 12.2. The Kier molecular flexibility index (Phi) is 7.07. The van der Waals surface area contributed by atoms with Gasteiger partial charge in [-0.2, -0.15) is 0 Å². The molecular weight excluding hydrogens is 522 g/mol. The number of carbonyl (C=O) groups is 3. The maximum atomic E-state index is 13.2. The quantitative estimate of drug-likeness (QED) is 0.320. The van der Waals surface area contributed by atoms with Gasteiger partial charge in [-0.05, 0) is 42.3 Å². The summed E-state index contributed by atoms with van der Waals surface area (Å²) < 4.78 is 5.75. The minimum Gasteiger partial charge on any atom is -0.469 e. The van der Waals surface area contributed by atoms with Crippen molar-refractivity contribution in [1.82, 2.24) is 9.80 Å². The zero-order chi connectivity index (χ0) is 25.2. The third-order valence-electron chi connectivity index (χ3n) is 6.99. The predicted octanol–water partition coefficient (Wildman–Crippen LogP) is 4.47. The summed E-state index contributed by atoms with van der Waals surface area (Å²) in [6.45, 7) is 4.72. The fourth-order valence-electron chi connectivity index (χ4n) is 5.09. The van der Waals surface area contributed by atoms with Gasteiger partial charge < -0.3 is 9.64 Å². The van der Waals surface area contributed by atoms with E-state index >= 15 is 0 Å². The van der Waals surface area contributed by atoms with Gasteiger partial charge in [-0.3, -0.25) is 24.2 Å². The molecule has 2 aliphatic heterocycles. The smallest absolute Gasteiger partial charge is 0.305 e. The first kappa shape index (κ1) is 24.5. The van der Waals surface area contributed by atoms with Gasteiger partial charge in [0.1, 0.15) is 0 Å². The molecule has 0 unspecified atom stereocenters. The molecule has 0 saturated carbocycles. The zero-order valence-electron chi connectivity index (χ0n) is 20.2. The monoisotopic (exact) mass is 549 g/mol. The van der Waals surface area contributed by atoms with Crippen LogP contribution in [0.5, 0.6) is 0 Å². The molecule has 2 heterocycles. The predicted molar refractivity (Wildman–Crippen MR) is 142 cm³/mol. The molecule has 2 aliphatic rings. The number of ether oxygens (including phenoxy) is 1. The van der Waals surface area contributed by atoms with Crippen molar-refractivity contribution < 1.29 is 19.1 Å². The molecule has 0 aliphatic carbocycles. The number of methoxy groups -OCH3 is 1. The number of esters is 1. The Labute approximate surface area is 218 Å². The second-order valence-electron chi connectivity index (χ2n) is 9.19. The highest BCUT2D eigenvalue weighted by Gasteiger charge is 2.33. The minimum absolute atomic E-state index is 0.164. The van der Waals surface area contributed by atoms with Crippen LogP contribution in [-0.4, -0.2) is 67.4 Å². The van der Waals surface area contributed by atoms with Crippen LogP contribution < -0.4 is 4.90 Å². The largest absolute Gasteiger partial charge is 0.469 e. The van der Waals surface area contributed by atoms with Gasteiger partial charge in [0.15, 0.2) is 0 Å². The molecule has 0 N–H and O–H groups in total. The van der Waals surface area contributed by atoms with Crippen molar-refractivity contribution in [3.8, 4) is 0 Å². The summed E-state index contributed by atoms with van der Waals surface area (Å²) in [5, 5.41) is 1.66. The van der Waals surface area contributed by atoms with Crippen LogP contribution in [0.3, 0.4) is 0 Å². The normalized spacial score (nSPS) is 16.1. The molecule has 0 spiro atoms. The van der Waals surface area contributed by atoms with Crippen molar-refractivity contribution in [2.24, 2.45) is 0 Å². The van der Waals surface area contributed by atoms with Crippen LogP contribution in [0.4, 0.5) is 5.69 Å². The van der Waals surface area contributed by atoms with Crippen molar-refractivity contribution in [3.05, 3.63) is 75.8 Å². The van der Waals surface area contributed by atoms with E-state index in [1.54, 1.807) is 6.07 Å². The minimum atomic E-state index is -0.351. The number of hydrogen-bond acceptors (Lipinski definition) is 6. The van der Waals surface area contributed by atoms with Crippen molar-refractivity contribution in [2.45, 2.75) is 19.4 Å². The Morgan fingerprint density at radius 2 is 1.61 bits per heavy atom. The Balaban J connectivity index is 1.34. The SMILES string of the molecule is COC(=O)CCCN1C(=O)c2cccc3c(N4CCN(Cc5ccc(Br)cc5)CC4)ccc(c23)C1=O. The van der Waals surface area contributed by atoms with Crippen LogP contribution in [0.15, 0.2) is 59.1 Å². The fraction of sp³-hybridized carbons (Fsp3) is 0.321. The summed E-state index contributed by atoms with van der Waals surface area (Å²) in [6.07, 6.45) is 0.537. The number of rotatable bonds is 7. The van der Waals surface area contributed by atoms with Gasteiger partial charge in [0.05, 0.1) is 7.11 Å². The van der Waals surface area contributed by atoms with E-state index in [0.29, 0.717) is 17.5 Å². The lowest BCUT2D eigenvalue weighted by Crippen LogP contribution is -2.46. The number of carbonyl (C=O) groups excluding carboxylic acids is 3. The molecule has 8 heteroatoms. The summed E-state index contributed by atoms with van der Waals surface area (Å²) in [5.74, 6) is -0.963. The summed E-state index contributed by atoms with van der Waals surface area (Å²) in [4.78, 5) is 44.0. The van der Waals surface area contributed by atoms with E-state index in [-0.39, 0.29) is 30.7 Å². The number of benzene rings is 3. The van der Waals surface area contributed by atoms with Gasteiger partial charge in [0.25, 0.3) is 11.8 Å². The summed E-state index contributed by atoms with van der Waals surface area (Å²) in [5.41, 5.74) is 3.42. The molecule has 5 rings (SSSR count). The van der Waals surface area contributed by atoms with E-state index < -0.39 is 0 Å². The first-order valence-corrected chi connectivity index (χ1v) is 13.0. The maximum absolute atomic E-state index is 13.2. The lowest BCUT2D eigenvalue weighted by Gasteiger charge is -2.37. The van der Waals surface area contributed by atoms with Gasteiger partial charge in [-0.25, -0.2) is 0 Å². The number of piperazine rings is 1. The number of halogens is 1. The van der Waals surface area contributed by atoms with Crippen LogP contribution in [-0.2, 0) is 16.1 Å². The fourth-order valence-corrected chi connectivity index (χ4v) is 5.35. The van der Waals surface area contributed by atoms with Crippen molar-refractivity contribution in [2.75, 3.05) is 44.7 Å². The van der Waals surface area contributed by atoms with Crippen molar-refractivity contribution in [3.63, 3.8) is 0 Å². The Bertz CT molecular complexity index is 1290. The highest BCUT2D eigenvalue weighted by Crippen LogP contribution is 2.36. The maximum Gasteiger partial charge on any atom is 0.305 e. The average Bonchev–Trinajstić information content (AvgIpc) is 2.90. The van der Waals surface area contributed by atoms with Gasteiger partial charge in [-0.15, -0.1) is 0 Å². The van der Waals surface area contributed by atoms with Crippen molar-refractivity contribution in [1.29, 1.82) is 0 Å². The molecule has 0 atom stereocenters. The Morgan fingerprint density at radius 3 is 2.31 bits per heavy atom. The second kappa shape index (κ2) is 10.4. The summed E-state index contributed by atoms with van der Waals surface area (Å²) >= 11 is 3.49. The van der Waals surface area contributed by atoms with E-state index in [1.807, 2.05) is 24.3 Å². The van der Waals surface area contributed by atoms with Gasteiger partial charge in [0, 0.05) is 77.7 Å². The molecule has 7 nitrogen and oxygen atoms in total. The lowest BCUT2D eigenvalue weighted by molar-refractivity contribution is -0.140.